The molecule has 2 aromatic rings. The molecule has 6 heteroatoms. The van der Waals surface area contributed by atoms with Gasteiger partial charge in [0.25, 0.3) is 0 Å². The van der Waals surface area contributed by atoms with E-state index in [-0.39, 0.29) is 29.9 Å². The molecule has 3 rings (SSSR count). The van der Waals surface area contributed by atoms with Crippen molar-refractivity contribution in [1.29, 1.82) is 0 Å². The topological polar surface area (TPSA) is 18.5 Å². The molecule has 0 N–H and O–H groups in total. The van der Waals surface area contributed by atoms with Crippen LogP contribution >= 0.6 is 0 Å². The molecule has 2 nitrogen and oxygen atoms in total. The van der Waals surface area contributed by atoms with Gasteiger partial charge in [0.15, 0.2) is 23.1 Å². The van der Waals surface area contributed by atoms with Gasteiger partial charge >= 0.3 is 0 Å². The van der Waals surface area contributed by atoms with Gasteiger partial charge in [0, 0.05) is 0 Å². The fourth-order valence-electron chi connectivity index (χ4n) is 3.86. The summed E-state index contributed by atoms with van der Waals surface area (Å²) in [5.41, 5.74) is 0.626. The van der Waals surface area contributed by atoms with Crippen molar-refractivity contribution in [2.75, 3.05) is 13.7 Å². The maximum absolute atomic E-state index is 14.4. The van der Waals surface area contributed by atoms with E-state index in [1.807, 2.05) is 0 Å². The van der Waals surface area contributed by atoms with Gasteiger partial charge in [-0.2, -0.15) is 8.78 Å². The number of methoxy groups -OCH3 is 1. The summed E-state index contributed by atoms with van der Waals surface area (Å²) in [6, 6.07) is 5.96. The number of benzene rings is 2. The Bertz CT molecular complexity index is 814. The van der Waals surface area contributed by atoms with Crippen molar-refractivity contribution in [3.63, 3.8) is 0 Å². The molecule has 0 aliphatic heterocycles. The summed E-state index contributed by atoms with van der Waals surface area (Å²) in [6.07, 6.45) is 2.29. The fraction of sp³-hybridized carbons (Fsp3) is 0.429. The molecule has 27 heavy (non-hydrogen) atoms. The van der Waals surface area contributed by atoms with Gasteiger partial charge in [-0.1, -0.05) is 12.1 Å². The molecule has 0 bridgehead atoms. The molecule has 0 spiro atoms. The first-order valence-corrected chi connectivity index (χ1v) is 9.10. The van der Waals surface area contributed by atoms with Gasteiger partial charge in [0.2, 0.25) is 11.6 Å². The third-order valence-corrected chi connectivity index (χ3v) is 5.28. The van der Waals surface area contributed by atoms with Crippen LogP contribution in [0.25, 0.3) is 0 Å². The Morgan fingerprint density at radius 3 is 1.63 bits per heavy atom. The molecule has 1 aliphatic carbocycles. The van der Waals surface area contributed by atoms with Crippen LogP contribution in [0.3, 0.4) is 0 Å². The average Bonchev–Trinajstić information content (AvgIpc) is 2.68. The molecule has 0 aromatic heterocycles. The van der Waals surface area contributed by atoms with Crippen molar-refractivity contribution in [2.45, 2.75) is 44.4 Å². The Hall–Kier alpha value is -2.24. The zero-order valence-corrected chi connectivity index (χ0v) is 15.3. The molecule has 0 saturated heterocycles. The molecule has 1 aliphatic rings. The van der Waals surface area contributed by atoms with Gasteiger partial charge in [0.05, 0.1) is 13.7 Å². The molecule has 2 aromatic carbocycles. The SMILES string of the molecule is CCOc1ccc(C2CCC(c3ccc(OC)c(F)c3F)CC2)c(F)c1F. The largest absolute Gasteiger partial charge is 0.494 e. The van der Waals surface area contributed by atoms with E-state index in [0.29, 0.717) is 36.8 Å². The summed E-state index contributed by atoms with van der Waals surface area (Å²) in [6.45, 7) is 1.96. The predicted molar refractivity (Wildman–Crippen MR) is 94.4 cm³/mol. The van der Waals surface area contributed by atoms with Gasteiger partial charge < -0.3 is 9.47 Å². The highest BCUT2D eigenvalue weighted by molar-refractivity contribution is 5.35. The van der Waals surface area contributed by atoms with Crippen LogP contribution < -0.4 is 9.47 Å². The maximum atomic E-state index is 14.4. The molecule has 0 unspecified atom stereocenters. The van der Waals surface area contributed by atoms with Crippen molar-refractivity contribution in [3.8, 4) is 11.5 Å². The van der Waals surface area contributed by atoms with Crippen LogP contribution in [0.1, 0.15) is 55.6 Å². The zero-order chi connectivity index (χ0) is 19.6. The molecule has 146 valence electrons. The average molecular weight is 382 g/mol. The van der Waals surface area contributed by atoms with Crippen molar-refractivity contribution < 1.29 is 27.0 Å². The minimum Gasteiger partial charge on any atom is -0.494 e. The summed E-state index contributed by atoms with van der Waals surface area (Å²) < 4.78 is 66.7. The minimum atomic E-state index is -0.989. The maximum Gasteiger partial charge on any atom is 0.200 e. The van der Waals surface area contributed by atoms with E-state index in [1.54, 1.807) is 19.1 Å². The van der Waals surface area contributed by atoms with Crippen molar-refractivity contribution in [2.24, 2.45) is 0 Å². The molecule has 1 fully saturated rings. The lowest BCUT2D eigenvalue weighted by Gasteiger charge is -2.29. The summed E-state index contributed by atoms with van der Waals surface area (Å²) >= 11 is 0. The van der Waals surface area contributed by atoms with Gasteiger partial charge in [-0.15, -0.1) is 0 Å². The molecular formula is C21H22F4O2. The van der Waals surface area contributed by atoms with Crippen LogP contribution in [0.5, 0.6) is 11.5 Å². The fourth-order valence-corrected chi connectivity index (χ4v) is 3.86. The van der Waals surface area contributed by atoms with E-state index in [4.69, 9.17) is 9.47 Å². The quantitative estimate of drug-likeness (QED) is 0.583. The van der Waals surface area contributed by atoms with Crippen molar-refractivity contribution in [1.82, 2.24) is 0 Å². The normalized spacial score (nSPS) is 19.8. The van der Waals surface area contributed by atoms with E-state index < -0.39 is 23.3 Å². The lowest BCUT2D eigenvalue weighted by Crippen LogP contribution is -2.15. The first-order valence-electron chi connectivity index (χ1n) is 9.10. The lowest BCUT2D eigenvalue weighted by molar-refractivity contribution is 0.310. The summed E-state index contributed by atoms with van der Waals surface area (Å²) in [7, 11) is 1.28. The number of rotatable bonds is 5. The number of hydrogen-bond acceptors (Lipinski definition) is 2. The van der Waals surface area contributed by atoms with Gasteiger partial charge in [-0.05, 0) is 67.7 Å². The number of hydrogen-bond donors (Lipinski definition) is 0. The monoisotopic (exact) mass is 382 g/mol. The van der Waals surface area contributed by atoms with Crippen LogP contribution in [-0.4, -0.2) is 13.7 Å². The zero-order valence-electron chi connectivity index (χ0n) is 15.3. The van der Waals surface area contributed by atoms with Gasteiger partial charge in [-0.25, -0.2) is 8.78 Å². The van der Waals surface area contributed by atoms with E-state index >= 15 is 0 Å². The van der Waals surface area contributed by atoms with Gasteiger partial charge in [-0.3, -0.25) is 0 Å². The number of halogens is 4. The Labute approximate surface area is 156 Å². The summed E-state index contributed by atoms with van der Waals surface area (Å²) in [5.74, 6) is -4.27. The summed E-state index contributed by atoms with van der Waals surface area (Å²) in [4.78, 5) is 0. The molecule has 0 heterocycles. The third kappa shape index (κ3) is 3.75. The number of ether oxygens (including phenoxy) is 2. The van der Waals surface area contributed by atoms with E-state index in [9.17, 15) is 17.6 Å². The molecule has 1 saturated carbocycles. The predicted octanol–water partition coefficient (Wildman–Crippen LogP) is 6.09. The second-order valence-corrected chi connectivity index (χ2v) is 6.75. The lowest BCUT2D eigenvalue weighted by atomic mass is 9.76. The van der Waals surface area contributed by atoms with Crippen molar-refractivity contribution in [3.05, 3.63) is 58.7 Å². The molecular weight excluding hydrogens is 360 g/mol. The highest BCUT2D eigenvalue weighted by Crippen LogP contribution is 2.43. The Kier molecular flexibility index (Phi) is 5.92. The van der Waals surface area contributed by atoms with Crippen LogP contribution in [0.15, 0.2) is 24.3 Å². The first-order chi connectivity index (χ1) is 13.0. The van der Waals surface area contributed by atoms with E-state index in [2.05, 4.69) is 0 Å². The molecule has 0 radical (unpaired) electrons. The van der Waals surface area contributed by atoms with Crippen LogP contribution in [0, 0.1) is 23.3 Å². The molecule has 0 amide bonds. The highest BCUT2D eigenvalue weighted by Gasteiger charge is 2.29. The van der Waals surface area contributed by atoms with Crippen LogP contribution in [0.2, 0.25) is 0 Å². The molecule has 0 atom stereocenters. The second kappa shape index (κ2) is 8.19. The van der Waals surface area contributed by atoms with Crippen molar-refractivity contribution >= 4 is 0 Å². The highest BCUT2D eigenvalue weighted by atomic mass is 19.2. The van der Waals surface area contributed by atoms with Crippen LogP contribution in [0.4, 0.5) is 17.6 Å². The van der Waals surface area contributed by atoms with E-state index in [0.717, 1.165) is 0 Å². The first kappa shape index (κ1) is 19.5. The van der Waals surface area contributed by atoms with E-state index in [1.165, 1.54) is 19.2 Å². The second-order valence-electron chi connectivity index (χ2n) is 6.75. The minimum absolute atomic E-state index is 0.0942. The Morgan fingerprint density at radius 1 is 0.741 bits per heavy atom. The van der Waals surface area contributed by atoms with Crippen LogP contribution in [-0.2, 0) is 0 Å². The Balaban J connectivity index is 1.75. The van der Waals surface area contributed by atoms with Gasteiger partial charge in [0.1, 0.15) is 0 Å². The smallest absolute Gasteiger partial charge is 0.200 e. The standard InChI is InChI=1S/C21H22F4O2/c1-3-27-17-11-9-15(19(23)21(17)25)13-6-4-12(5-7-13)14-8-10-16(26-2)20(24)18(14)22/h8-13H,3-7H2,1-2H3. The Morgan fingerprint density at radius 2 is 1.19 bits per heavy atom. The summed E-state index contributed by atoms with van der Waals surface area (Å²) in [5, 5.41) is 0. The third-order valence-electron chi connectivity index (χ3n) is 5.28.